The summed E-state index contributed by atoms with van der Waals surface area (Å²) in [6.07, 6.45) is 4.59. The SMILES string of the molecule is CC(C)n1ncnc1CN1CCCC(S(C)(=O)=O)C1. The predicted molar refractivity (Wildman–Crippen MR) is 73.5 cm³/mol. The van der Waals surface area contributed by atoms with Crippen LogP contribution in [0.3, 0.4) is 0 Å². The number of nitrogens with zero attached hydrogens (tertiary/aromatic N) is 4. The Balaban J connectivity index is 2.05. The Bertz CT molecular complexity index is 524. The number of sulfone groups is 1. The van der Waals surface area contributed by atoms with Crippen molar-refractivity contribution in [2.45, 2.75) is 44.5 Å². The van der Waals surface area contributed by atoms with Gasteiger partial charge in [0.1, 0.15) is 12.2 Å². The molecule has 7 heteroatoms. The molecule has 0 bridgehead atoms. The standard InChI is InChI=1S/C12H22N4O2S/c1-10(2)16-12(13-9-14-16)8-15-6-4-5-11(7-15)19(3,17)18/h9-11H,4-8H2,1-3H3. The van der Waals surface area contributed by atoms with Crippen molar-refractivity contribution in [1.82, 2.24) is 19.7 Å². The van der Waals surface area contributed by atoms with Crippen LogP contribution in [0.1, 0.15) is 38.6 Å². The van der Waals surface area contributed by atoms with Gasteiger partial charge in [-0.25, -0.2) is 18.1 Å². The maximum absolute atomic E-state index is 11.6. The van der Waals surface area contributed by atoms with E-state index in [0.717, 1.165) is 25.2 Å². The highest BCUT2D eigenvalue weighted by molar-refractivity contribution is 7.91. The maximum Gasteiger partial charge on any atom is 0.151 e. The molecule has 6 nitrogen and oxygen atoms in total. The fourth-order valence-electron chi connectivity index (χ4n) is 2.52. The van der Waals surface area contributed by atoms with E-state index in [1.165, 1.54) is 6.26 Å². The van der Waals surface area contributed by atoms with E-state index in [4.69, 9.17) is 0 Å². The summed E-state index contributed by atoms with van der Waals surface area (Å²) in [6.45, 7) is 6.33. The molecule has 2 heterocycles. The van der Waals surface area contributed by atoms with Gasteiger partial charge in [-0.3, -0.25) is 4.90 Å². The van der Waals surface area contributed by atoms with Crippen molar-refractivity contribution < 1.29 is 8.42 Å². The average Bonchev–Trinajstić information content (AvgIpc) is 2.76. The zero-order chi connectivity index (χ0) is 14.0. The van der Waals surface area contributed by atoms with Crippen molar-refractivity contribution >= 4 is 9.84 Å². The van der Waals surface area contributed by atoms with Crippen LogP contribution < -0.4 is 0 Å². The molecule has 0 amide bonds. The zero-order valence-electron chi connectivity index (χ0n) is 11.8. The van der Waals surface area contributed by atoms with Crippen molar-refractivity contribution in [3.63, 3.8) is 0 Å². The van der Waals surface area contributed by atoms with Gasteiger partial charge in [0, 0.05) is 18.8 Å². The summed E-state index contributed by atoms with van der Waals surface area (Å²) in [7, 11) is -2.95. The first-order valence-corrected chi connectivity index (χ1v) is 8.63. The highest BCUT2D eigenvalue weighted by Gasteiger charge is 2.28. The normalized spacial score (nSPS) is 22.0. The first-order chi connectivity index (χ1) is 8.88. The van der Waals surface area contributed by atoms with Crippen molar-refractivity contribution in [2.75, 3.05) is 19.3 Å². The second kappa shape index (κ2) is 5.58. The van der Waals surface area contributed by atoms with Gasteiger partial charge in [-0.1, -0.05) is 0 Å². The molecule has 1 aromatic heterocycles. The molecule has 1 atom stereocenters. The van der Waals surface area contributed by atoms with Gasteiger partial charge in [-0.05, 0) is 33.2 Å². The van der Waals surface area contributed by atoms with Crippen molar-refractivity contribution in [3.8, 4) is 0 Å². The van der Waals surface area contributed by atoms with Crippen LogP contribution >= 0.6 is 0 Å². The number of rotatable bonds is 4. The molecule has 0 radical (unpaired) electrons. The van der Waals surface area contributed by atoms with Crippen LogP contribution in [-0.4, -0.2) is 52.7 Å². The van der Waals surface area contributed by atoms with Crippen molar-refractivity contribution in [2.24, 2.45) is 0 Å². The van der Waals surface area contributed by atoms with E-state index in [1.807, 2.05) is 4.68 Å². The fourth-order valence-corrected chi connectivity index (χ4v) is 3.60. The Morgan fingerprint density at radius 3 is 2.84 bits per heavy atom. The third-order valence-corrected chi connectivity index (χ3v) is 5.16. The molecule has 1 aliphatic rings. The molecule has 1 fully saturated rings. The summed E-state index contributed by atoms with van der Waals surface area (Å²) in [6, 6.07) is 0.271. The molecule has 19 heavy (non-hydrogen) atoms. The number of piperidine rings is 1. The molecular formula is C12H22N4O2S. The van der Waals surface area contributed by atoms with E-state index >= 15 is 0 Å². The Kier molecular flexibility index (Phi) is 4.25. The molecule has 1 aliphatic heterocycles. The van der Waals surface area contributed by atoms with Gasteiger partial charge in [-0.2, -0.15) is 5.10 Å². The number of likely N-dealkylation sites (tertiary alicyclic amines) is 1. The molecule has 0 aromatic carbocycles. The Morgan fingerprint density at radius 2 is 2.21 bits per heavy atom. The van der Waals surface area contributed by atoms with Crippen LogP contribution in [0.15, 0.2) is 6.33 Å². The van der Waals surface area contributed by atoms with Gasteiger partial charge in [-0.15, -0.1) is 0 Å². The summed E-state index contributed by atoms with van der Waals surface area (Å²) in [5, 5.41) is 3.97. The van der Waals surface area contributed by atoms with Crippen LogP contribution in [0.5, 0.6) is 0 Å². The topological polar surface area (TPSA) is 68.1 Å². The molecule has 1 saturated heterocycles. The minimum absolute atomic E-state index is 0.239. The lowest BCUT2D eigenvalue weighted by atomic mass is 10.1. The second-order valence-electron chi connectivity index (χ2n) is 5.54. The van der Waals surface area contributed by atoms with Crippen molar-refractivity contribution in [3.05, 3.63) is 12.2 Å². The maximum atomic E-state index is 11.6. The number of hydrogen-bond donors (Lipinski definition) is 0. The lowest BCUT2D eigenvalue weighted by Gasteiger charge is -2.31. The van der Waals surface area contributed by atoms with Gasteiger partial charge in [0.25, 0.3) is 0 Å². The quantitative estimate of drug-likeness (QED) is 0.821. The van der Waals surface area contributed by atoms with Crippen LogP contribution in [-0.2, 0) is 16.4 Å². The van der Waals surface area contributed by atoms with Gasteiger partial charge in [0.15, 0.2) is 9.84 Å². The van der Waals surface area contributed by atoms with E-state index in [2.05, 4.69) is 28.8 Å². The van der Waals surface area contributed by atoms with Crippen molar-refractivity contribution in [1.29, 1.82) is 0 Å². The second-order valence-corrected chi connectivity index (χ2v) is 7.87. The molecule has 1 aromatic rings. The summed E-state index contributed by atoms with van der Waals surface area (Å²) in [5.41, 5.74) is 0. The highest BCUT2D eigenvalue weighted by Crippen LogP contribution is 2.18. The Hall–Kier alpha value is -0.950. The minimum Gasteiger partial charge on any atom is -0.295 e. The molecule has 0 spiro atoms. The molecule has 1 unspecified atom stereocenters. The largest absolute Gasteiger partial charge is 0.295 e. The molecule has 0 aliphatic carbocycles. The van der Waals surface area contributed by atoms with E-state index in [1.54, 1.807) is 6.33 Å². The van der Waals surface area contributed by atoms with Crippen LogP contribution in [0.2, 0.25) is 0 Å². The van der Waals surface area contributed by atoms with E-state index < -0.39 is 9.84 Å². The minimum atomic E-state index is -2.95. The summed E-state index contributed by atoms with van der Waals surface area (Å²) < 4.78 is 25.2. The van der Waals surface area contributed by atoms with Gasteiger partial charge in [0.2, 0.25) is 0 Å². The smallest absolute Gasteiger partial charge is 0.151 e. The predicted octanol–water partition coefficient (Wildman–Crippen LogP) is 0.868. The van der Waals surface area contributed by atoms with Gasteiger partial charge < -0.3 is 0 Å². The monoisotopic (exact) mass is 286 g/mol. The Labute approximate surface area is 114 Å². The van der Waals surface area contributed by atoms with E-state index in [9.17, 15) is 8.42 Å². The third-order valence-electron chi connectivity index (χ3n) is 3.57. The van der Waals surface area contributed by atoms with E-state index in [-0.39, 0.29) is 11.3 Å². The first kappa shape index (κ1) is 14.5. The number of aromatic nitrogens is 3. The molecule has 0 N–H and O–H groups in total. The third kappa shape index (κ3) is 3.54. The molecule has 0 saturated carbocycles. The summed E-state index contributed by atoms with van der Waals surface area (Å²) in [4.78, 5) is 6.44. The van der Waals surface area contributed by atoms with Gasteiger partial charge >= 0.3 is 0 Å². The summed E-state index contributed by atoms with van der Waals surface area (Å²) in [5.74, 6) is 0.907. The van der Waals surface area contributed by atoms with Crippen LogP contribution in [0.4, 0.5) is 0 Å². The lowest BCUT2D eigenvalue weighted by Crippen LogP contribution is -2.41. The van der Waals surface area contributed by atoms with Crippen LogP contribution in [0.25, 0.3) is 0 Å². The Morgan fingerprint density at radius 1 is 1.47 bits per heavy atom. The molecule has 108 valence electrons. The number of hydrogen-bond acceptors (Lipinski definition) is 5. The zero-order valence-corrected chi connectivity index (χ0v) is 12.6. The fraction of sp³-hybridized carbons (Fsp3) is 0.833. The molecular weight excluding hydrogens is 264 g/mol. The van der Waals surface area contributed by atoms with E-state index in [0.29, 0.717) is 13.1 Å². The first-order valence-electron chi connectivity index (χ1n) is 6.67. The average molecular weight is 286 g/mol. The summed E-state index contributed by atoms with van der Waals surface area (Å²) >= 11 is 0. The van der Waals surface area contributed by atoms with Gasteiger partial charge in [0.05, 0.1) is 11.8 Å². The van der Waals surface area contributed by atoms with Crippen LogP contribution in [0, 0.1) is 0 Å². The highest BCUT2D eigenvalue weighted by atomic mass is 32.2. The lowest BCUT2D eigenvalue weighted by molar-refractivity contribution is 0.212. The molecule has 2 rings (SSSR count).